The molecule has 3 heteroatoms. The van der Waals surface area contributed by atoms with Crippen LogP contribution in [0.3, 0.4) is 0 Å². The lowest BCUT2D eigenvalue weighted by Crippen LogP contribution is -2.71. The van der Waals surface area contributed by atoms with Crippen molar-refractivity contribution >= 4 is 5.97 Å². The Morgan fingerprint density at radius 1 is 1.46 bits per heavy atom. The summed E-state index contributed by atoms with van der Waals surface area (Å²) in [6, 6.07) is 0.00345. The molecule has 3 rings (SSSR count). The first kappa shape index (κ1) is 7.80. The minimum absolute atomic E-state index is 0.00345. The van der Waals surface area contributed by atoms with Gasteiger partial charge in [0.05, 0.1) is 7.11 Å². The molecule has 3 nitrogen and oxygen atoms in total. The van der Waals surface area contributed by atoms with Crippen LogP contribution in [0.1, 0.15) is 25.7 Å². The summed E-state index contributed by atoms with van der Waals surface area (Å²) in [6.45, 7) is 1.02. The smallest absolute Gasteiger partial charge is 0.323 e. The molecule has 3 fully saturated rings. The van der Waals surface area contributed by atoms with Crippen molar-refractivity contribution in [3.05, 3.63) is 0 Å². The van der Waals surface area contributed by atoms with E-state index in [2.05, 4.69) is 5.32 Å². The minimum Gasteiger partial charge on any atom is -0.468 e. The van der Waals surface area contributed by atoms with Crippen LogP contribution in [-0.2, 0) is 9.53 Å². The van der Waals surface area contributed by atoms with E-state index in [9.17, 15) is 4.79 Å². The van der Waals surface area contributed by atoms with Gasteiger partial charge in [-0.2, -0.15) is 0 Å². The Bertz CT molecular complexity index is 262. The van der Waals surface area contributed by atoms with Crippen molar-refractivity contribution in [1.29, 1.82) is 0 Å². The third-order valence-electron chi connectivity index (χ3n) is 4.12. The third kappa shape index (κ3) is 0.857. The lowest BCUT2D eigenvalue weighted by molar-refractivity contribution is -0.161. The summed E-state index contributed by atoms with van der Waals surface area (Å²) in [7, 11) is 1.47. The van der Waals surface area contributed by atoms with Crippen LogP contribution >= 0.6 is 0 Å². The molecule has 0 unspecified atom stereocenters. The van der Waals surface area contributed by atoms with Crippen molar-refractivity contribution in [2.24, 2.45) is 10.8 Å². The third-order valence-corrected chi connectivity index (χ3v) is 4.12. The molecule has 2 spiro atoms. The second-order valence-corrected chi connectivity index (χ2v) is 5.05. The minimum atomic E-state index is -0.0678. The van der Waals surface area contributed by atoms with Gasteiger partial charge in [0.1, 0.15) is 6.04 Å². The van der Waals surface area contributed by atoms with Crippen molar-refractivity contribution in [3.63, 3.8) is 0 Å². The molecule has 2 saturated carbocycles. The lowest BCUT2D eigenvalue weighted by Gasteiger charge is -2.59. The van der Waals surface area contributed by atoms with Gasteiger partial charge in [0.15, 0.2) is 0 Å². The molecule has 1 aliphatic heterocycles. The molecule has 0 radical (unpaired) electrons. The van der Waals surface area contributed by atoms with E-state index in [0.29, 0.717) is 10.8 Å². The number of esters is 1. The summed E-state index contributed by atoms with van der Waals surface area (Å²) in [5.74, 6) is -0.0678. The molecule has 1 atom stereocenters. The number of methoxy groups -OCH3 is 1. The van der Waals surface area contributed by atoms with Gasteiger partial charge in [0.25, 0.3) is 0 Å². The molecule has 3 aliphatic rings. The highest BCUT2D eigenvalue weighted by Crippen LogP contribution is 2.71. The van der Waals surface area contributed by atoms with Gasteiger partial charge in [0.2, 0.25) is 0 Å². The molecule has 1 heterocycles. The maximum absolute atomic E-state index is 11.3. The van der Waals surface area contributed by atoms with Crippen molar-refractivity contribution in [3.8, 4) is 0 Å². The van der Waals surface area contributed by atoms with Crippen LogP contribution in [0.15, 0.2) is 0 Å². The summed E-state index contributed by atoms with van der Waals surface area (Å²) in [5, 5.41) is 3.18. The van der Waals surface area contributed by atoms with Gasteiger partial charge < -0.3 is 10.1 Å². The van der Waals surface area contributed by atoms with Crippen LogP contribution in [-0.4, -0.2) is 25.7 Å². The SMILES string of the molecule is COC(=O)[C@@H]1NCC12CC1(CC1)C2. The largest absolute Gasteiger partial charge is 0.468 e. The van der Waals surface area contributed by atoms with E-state index >= 15 is 0 Å². The van der Waals surface area contributed by atoms with E-state index in [0.717, 1.165) is 6.54 Å². The number of nitrogens with one attached hydrogen (secondary N) is 1. The Morgan fingerprint density at radius 3 is 2.54 bits per heavy atom. The number of hydrogen-bond donors (Lipinski definition) is 1. The second-order valence-electron chi connectivity index (χ2n) is 5.05. The van der Waals surface area contributed by atoms with Gasteiger partial charge in [-0.15, -0.1) is 0 Å². The van der Waals surface area contributed by atoms with E-state index in [1.54, 1.807) is 0 Å². The molecule has 0 amide bonds. The fraction of sp³-hybridized carbons (Fsp3) is 0.900. The molecule has 0 aromatic carbocycles. The van der Waals surface area contributed by atoms with Crippen LogP contribution in [0.25, 0.3) is 0 Å². The topological polar surface area (TPSA) is 38.3 Å². The zero-order chi connectivity index (χ0) is 9.10. The standard InChI is InChI=1S/C10H15NO2/c1-13-8(12)7-10(6-11-7)4-9(5-10)2-3-9/h7,11H,2-6H2,1H3/t7-/m0/s1. The van der Waals surface area contributed by atoms with E-state index in [1.807, 2.05) is 0 Å². The highest BCUT2D eigenvalue weighted by atomic mass is 16.5. The summed E-state index contributed by atoms with van der Waals surface area (Å²) in [4.78, 5) is 11.3. The molecule has 2 aliphatic carbocycles. The molecule has 0 bridgehead atoms. The highest BCUT2D eigenvalue weighted by molar-refractivity contribution is 5.78. The molecule has 0 aromatic heterocycles. The first-order chi connectivity index (χ1) is 6.20. The second kappa shape index (κ2) is 2.08. The number of hydrogen-bond acceptors (Lipinski definition) is 3. The van der Waals surface area contributed by atoms with Gasteiger partial charge in [-0.1, -0.05) is 0 Å². The maximum Gasteiger partial charge on any atom is 0.323 e. The number of ether oxygens (including phenoxy) is 1. The van der Waals surface area contributed by atoms with Crippen molar-refractivity contribution < 1.29 is 9.53 Å². The van der Waals surface area contributed by atoms with Gasteiger partial charge in [0, 0.05) is 12.0 Å². The molecule has 1 N–H and O–H groups in total. The molecule has 72 valence electrons. The van der Waals surface area contributed by atoms with Crippen LogP contribution in [0, 0.1) is 10.8 Å². The van der Waals surface area contributed by atoms with Gasteiger partial charge in [-0.25, -0.2) is 0 Å². The number of carbonyl (C=O) groups excluding carboxylic acids is 1. The van der Waals surface area contributed by atoms with Crippen LogP contribution in [0.5, 0.6) is 0 Å². The van der Waals surface area contributed by atoms with Crippen molar-refractivity contribution in [1.82, 2.24) is 5.32 Å². The normalized spacial score (nSPS) is 36.5. The fourth-order valence-electron chi connectivity index (χ4n) is 3.25. The monoisotopic (exact) mass is 181 g/mol. The average Bonchev–Trinajstić information content (AvgIpc) is 2.78. The Kier molecular flexibility index (Phi) is 1.25. The Labute approximate surface area is 77.8 Å². The molecular weight excluding hydrogens is 166 g/mol. The number of carbonyl (C=O) groups is 1. The van der Waals surface area contributed by atoms with Crippen molar-refractivity contribution in [2.75, 3.05) is 13.7 Å². The highest BCUT2D eigenvalue weighted by Gasteiger charge is 2.68. The van der Waals surface area contributed by atoms with E-state index < -0.39 is 0 Å². The van der Waals surface area contributed by atoms with E-state index in [-0.39, 0.29) is 12.0 Å². The van der Waals surface area contributed by atoms with Crippen LogP contribution < -0.4 is 5.32 Å². The number of rotatable bonds is 1. The maximum atomic E-state index is 11.3. The lowest BCUT2D eigenvalue weighted by atomic mass is 9.52. The summed E-state index contributed by atoms with van der Waals surface area (Å²) >= 11 is 0. The first-order valence-electron chi connectivity index (χ1n) is 5.01. The van der Waals surface area contributed by atoms with E-state index in [4.69, 9.17) is 4.74 Å². The predicted octanol–water partition coefficient (Wildman–Crippen LogP) is 0.692. The van der Waals surface area contributed by atoms with Crippen molar-refractivity contribution in [2.45, 2.75) is 31.7 Å². The molecular formula is C10H15NO2. The first-order valence-corrected chi connectivity index (χ1v) is 5.01. The van der Waals surface area contributed by atoms with E-state index in [1.165, 1.54) is 32.8 Å². The molecule has 13 heavy (non-hydrogen) atoms. The zero-order valence-electron chi connectivity index (χ0n) is 7.93. The van der Waals surface area contributed by atoms with Gasteiger partial charge in [-0.3, -0.25) is 4.79 Å². The Balaban J connectivity index is 1.69. The van der Waals surface area contributed by atoms with Crippen LogP contribution in [0.4, 0.5) is 0 Å². The summed E-state index contributed by atoms with van der Waals surface area (Å²) in [5.41, 5.74) is 0.970. The van der Waals surface area contributed by atoms with Crippen LogP contribution in [0.2, 0.25) is 0 Å². The molecule has 0 aromatic rings. The Morgan fingerprint density at radius 2 is 2.15 bits per heavy atom. The fourth-order valence-corrected chi connectivity index (χ4v) is 3.25. The zero-order valence-corrected chi connectivity index (χ0v) is 7.93. The summed E-state index contributed by atoms with van der Waals surface area (Å²) in [6.07, 6.45) is 5.30. The average molecular weight is 181 g/mol. The Hall–Kier alpha value is -0.570. The summed E-state index contributed by atoms with van der Waals surface area (Å²) < 4.78 is 4.77. The van der Waals surface area contributed by atoms with Gasteiger partial charge >= 0.3 is 5.97 Å². The predicted molar refractivity (Wildman–Crippen MR) is 47.1 cm³/mol. The quantitative estimate of drug-likeness (QED) is 0.605. The molecule has 1 saturated heterocycles. The van der Waals surface area contributed by atoms with Gasteiger partial charge in [-0.05, 0) is 31.1 Å².